The molecule has 72 valence electrons. The maximum absolute atomic E-state index is 5.39. The topological polar surface area (TPSA) is 24.5 Å². The van der Waals surface area contributed by atoms with Crippen molar-refractivity contribution in [3.05, 3.63) is 0 Å². The molecule has 0 aliphatic carbocycles. The summed E-state index contributed by atoms with van der Waals surface area (Å²) in [4.78, 5) is 2.44. The first-order valence-corrected chi connectivity index (χ1v) is 4.63. The largest absolute Gasteiger partial charge is 0.378 e. The molecule has 0 aromatic rings. The third kappa shape index (κ3) is 1.97. The average Bonchev–Trinajstić information content (AvgIpc) is 2.46. The van der Waals surface area contributed by atoms with E-state index in [1.54, 1.807) is 7.11 Å². The van der Waals surface area contributed by atoms with Gasteiger partial charge < -0.3 is 10.1 Å². The molecule has 0 aromatic heterocycles. The molecule has 1 N–H and O–H groups in total. The number of likely N-dealkylation sites (N-methyl/N-ethyl adjacent to an activating group) is 1. The van der Waals surface area contributed by atoms with E-state index in [1.165, 1.54) is 0 Å². The van der Waals surface area contributed by atoms with Gasteiger partial charge in [-0.05, 0) is 20.9 Å². The van der Waals surface area contributed by atoms with Crippen molar-refractivity contribution >= 4 is 0 Å². The second-order valence-corrected chi connectivity index (χ2v) is 3.72. The summed E-state index contributed by atoms with van der Waals surface area (Å²) in [5.41, 5.74) is 0. The molecule has 2 atom stereocenters. The number of methoxy groups -OCH3 is 1. The number of nitrogens with one attached hydrogen (secondary N) is 1. The number of hydrogen-bond donors (Lipinski definition) is 1. The summed E-state index contributed by atoms with van der Waals surface area (Å²) in [7, 11) is 3.79. The lowest BCUT2D eigenvalue weighted by Crippen LogP contribution is -2.37. The van der Waals surface area contributed by atoms with Crippen LogP contribution in [0.25, 0.3) is 0 Å². The Morgan fingerprint density at radius 2 is 2.08 bits per heavy atom. The normalized spacial score (nSPS) is 31.8. The Balaban J connectivity index is 2.47. The van der Waals surface area contributed by atoms with Crippen molar-refractivity contribution in [2.24, 2.45) is 0 Å². The fraction of sp³-hybridized carbons (Fsp3) is 1.00. The van der Waals surface area contributed by atoms with Gasteiger partial charge in [0, 0.05) is 32.3 Å². The van der Waals surface area contributed by atoms with E-state index in [9.17, 15) is 0 Å². The molecule has 0 saturated carbocycles. The molecule has 1 rings (SSSR count). The summed E-state index contributed by atoms with van der Waals surface area (Å²) in [5, 5.41) is 3.28. The van der Waals surface area contributed by atoms with Gasteiger partial charge in [0.05, 0.1) is 6.10 Å². The molecule has 2 unspecified atom stereocenters. The van der Waals surface area contributed by atoms with Gasteiger partial charge in [-0.2, -0.15) is 0 Å². The highest BCUT2D eigenvalue weighted by molar-refractivity contribution is 4.90. The molecule has 3 heteroatoms. The van der Waals surface area contributed by atoms with E-state index in [2.05, 4.69) is 24.1 Å². The molecular formula is C9H20N2O. The van der Waals surface area contributed by atoms with E-state index < -0.39 is 0 Å². The highest BCUT2D eigenvalue weighted by atomic mass is 16.5. The van der Waals surface area contributed by atoms with Crippen molar-refractivity contribution in [3.8, 4) is 0 Å². The van der Waals surface area contributed by atoms with Gasteiger partial charge in [0.1, 0.15) is 0 Å². The minimum atomic E-state index is 0.359. The molecule has 0 aromatic carbocycles. The van der Waals surface area contributed by atoms with Crippen LogP contribution in [0.2, 0.25) is 0 Å². The minimum absolute atomic E-state index is 0.359. The predicted octanol–water partition coefficient (Wildman–Crippen LogP) is 0.313. The molecule has 1 heterocycles. The van der Waals surface area contributed by atoms with Gasteiger partial charge in [-0.3, -0.25) is 4.90 Å². The van der Waals surface area contributed by atoms with Crippen LogP contribution in [0.3, 0.4) is 0 Å². The Hall–Kier alpha value is -0.120. The van der Waals surface area contributed by atoms with Crippen LogP contribution >= 0.6 is 0 Å². The van der Waals surface area contributed by atoms with E-state index in [-0.39, 0.29) is 0 Å². The van der Waals surface area contributed by atoms with E-state index in [4.69, 9.17) is 4.74 Å². The lowest BCUT2D eigenvalue weighted by molar-refractivity contribution is 0.0891. The quantitative estimate of drug-likeness (QED) is 0.663. The van der Waals surface area contributed by atoms with Gasteiger partial charge in [-0.15, -0.1) is 0 Å². The zero-order valence-corrected chi connectivity index (χ0v) is 8.50. The Morgan fingerprint density at radius 3 is 2.42 bits per heavy atom. The van der Waals surface area contributed by atoms with Gasteiger partial charge in [-0.25, -0.2) is 0 Å². The SMILES string of the molecule is CNC1CN(C(C)C)CC1OC. The van der Waals surface area contributed by atoms with Gasteiger partial charge in [0.25, 0.3) is 0 Å². The predicted molar refractivity (Wildman–Crippen MR) is 50.4 cm³/mol. The summed E-state index contributed by atoms with van der Waals surface area (Å²) in [6.45, 7) is 6.61. The standard InChI is InChI=1S/C9H20N2O/c1-7(2)11-5-8(10-3)9(6-11)12-4/h7-10H,5-6H2,1-4H3. The van der Waals surface area contributed by atoms with Gasteiger partial charge in [0.2, 0.25) is 0 Å². The summed E-state index contributed by atoms with van der Waals surface area (Å²) in [6, 6.07) is 1.12. The Bertz CT molecular complexity index is 126. The van der Waals surface area contributed by atoms with Crippen LogP contribution in [-0.2, 0) is 4.74 Å². The fourth-order valence-electron chi connectivity index (χ4n) is 1.74. The van der Waals surface area contributed by atoms with Crippen molar-refractivity contribution in [2.45, 2.75) is 32.0 Å². The lowest BCUT2D eigenvalue weighted by Gasteiger charge is -2.19. The molecular weight excluding hydrogens is 152 g/mol. The van der Waals surface area contributed by atoms with Crippen LogP contribution < -0.4 is 5.32 Å². The smallest absolute Gasteiger partial charge is 0.0863 e. The Morgan fingerprint density at radius 1 is 1.42 bits per heavy atom. The first-order valence-electron chi connectivity index (χ1n) is 4.63. The monoisotopic (exact) mass is 172 g/mol. The molecule has 0 amide bonds. The molecule has 1 saturated heterocycles. The van der Waals surface area contributed by atoms with Crippen LogP contribution in [0.5, 0.6) is 0 Å². The number of ether oxygens (including phenoxy) is 1. The van der Waals surface area contributed by atoms with Gasteiger partial charge in [-0.1, -0.05) is 0 Å². The first kappa shape index (κ1) is 9.96. The zero-order valence-electron chi connectivity index (χ0n) is 8.50. The number of nitrogens with zero attached hydrogens (tertiary/aromatic N) is 1. The lowest BCUT2D eigenvalue weighted by atomic mass is 10.2. The van der Waals surface area contributed by atoms with Crippen LogP contribution in [-0.4, -0.2) is 50.3 Å². The average molecular weight is 172 g/mol. The van der Waals surface area contributed by atoms with Crippen LogP contribution in [0, 0.1) is 0 Å². The van der Waals surface area contributed by atoms with Crippen molar-refractivity contribution < 1.29 is 4.74 Å². The Labute approximate surface area is 75.1 Å². The first-order chi connectivity index (χ1) is 5.69. The van der Waals surface area contributed by atoms with Crippen molar-refractivity contribution in [2.75, 3.05) is 27.2 Å². The second-order valence-electron chi connectivity index (χ2n) is 3.72. The number of likely N-dealkylation sites (tertiary alicyclic amines) is 1. The molecule has 0 bridgehead atoms. The molecule has 1 fully saturated rings. The third-order valence-electron chi connectivity index (χ3n) is 2.70. The summed E-state index contributed by atoms with van der Waals surface area (Å²) < 4.78 is 5.39. The number of hydrogen-bond acceptors (Lipinski definition) is 3. The molecule has 12 heavy (non-hydrogen) atoms. The summed E-state index contributed by atoms with van der Waals surface area (Å²) in [6.07, 6.45) is 0.359. The van der Waals surface area contributed by atoms with Crippen LogP contribution in [0.1, 0.15) is 13.8 Å². The zero-order chi connectivity index (χ0) is 9.14. The number of rotatable bonds is 3. The van der Waals surface area contributed by atoms with Crippen molar-refractivity contribution in [3.63, 3.8) is 0 Å². The Kier molecular flexibility index (Phi) is 3.50. The van der Waals surface area contributed by atoms with E-state index >= 15 is 0 Å². The third-order valence-corrected chi connectivity index (χ3v) is 2.70. The van der Waals surface area contributed by atoms with Gasteiger partial charge in [0.15, 0.2) is 0 Å². The van der Waals surface area contributed by atoms with Crippen molar-refractivity contribution in [1.29, 1.82) is 0 Å². The van der Waals surface area contributed by atoms with E-state index in [0.717, 1.165) is 13.1 Å². The maximum Gasteiger partial charge on any atom is 0.0863 e. The second kappa shape index (κ2) is 4.21. The minimum Gasteiger partial charge on any atom is -0.378 e. The highest BCUT2D eigenvalue weighted by Crippen LogP contribution is 2.14. The van der Waals surface area contributed by atoms with Crippen molar-refractivity contribution in [1.82, 2.24) is 10.2 Å². The maximum atomic E-state index is 5.39. The summed E-state index contributed by atoms with van der Waals surface area (Å²) in [5.74, 6) is 0. The van der Waals surface area contributed by atoms with E-state index in [1.807, 2.05) is 7.05 Å². The fourth-order valence-corrected chi connectivity index (χ4v) is 1.74. The molecule has 1 aliphatic heterocycles. The molecule has 0 radical (unpaired) electrons. The molecule has 3 nitrogen and oxygen atoms in total. The van der Waals surface area contributed by atoms with Crippen LogP contribution in [0.15, 0.2) is 0 Å². The highest BCUT2D eigenvalue weighted by Gasteiger charge is 2.32. The molecule has 1 aliphatic rings. The van der Waals surface area contributed by atoms with Gasteiger partial charge >= 0.3 is 0 Å². The summed E-state index contributed by atoms with van der Waals surface area (Å²) >= 11 is 0. The van der Waals surface area contributed by atoms with Crippen LogP contribution in [0.4, 0.5) is 0 Å². The van der Waals surface area contributed by atoms with E-state index in [0.29, 0.717) is 18.2 Å². The molecule has 0 spiro atoms.